The second-order valence-electron chi connectivity index (χ2n) is 0.513. The van der Waals surface area contributed by atoms with Crippen LogP contribution in [0.1, 0.15) is 6.92 Å². The Kier molecular flexibility index (Phi) is 3.58. The van der Waals surface area contributed by atoms with Crippen molar-refractivity contribution in [2.75, 3.05) is 0 Å². The normalized spacial score (nSPS) is 9.00. The van der Waals surface area contributed by atoms with Gasteiger partial charge in [-0.25, -0.2) is 0 Å². The molecule has 0 unspecified atom stereocenters. The Labute approximate surface area is 36.7 Å². The van der Waals surface area contributed by atoms with Gasteiger partial charge in [0.05, 0.1) is 5.49 Å². The maximum atomic E-state index is 4.33. The van der Waals surface area contributed by atoms with Gasteiger partial charge in [0.2, 0.25) is 0 Å². The summed E-state index contributed by atoms with van der Waals surface area (Å²) in [6, 6.07) is 0. The van der Waals surface area contributed by atoms with E-state index in [0.717, 1.165) is 0 Å². The molecule has 0 aromatic carbocycles. The van der Waals surface area contributed by atoms with Crippen LogP contribution in [0.2, 0.25) is 0 Å². The molecule has 0 saturated heterocycles. The minimum atomic E-state index is 1.33. The third-order valence-corrected chi connectivity index (χ3v) is 0.332. The quantitative estimate of drug-likeness (QED) is 0.344. The van der Waals surface area contributed by atoms with Crippen molar-refractivity contribution < 1.29 is 0 Å². The van der Waals surface area contributed by atoms with E-state index in [1.165, 1.54) is 5.49 Å². The van der Waals surface area contributed by atoms with Gasteiger partial charge in [-0.15, -0.1) is 0 Å². The summed E-state index contributed by atoms with van der Waals surface area (Å²) in [5, 5.41) is 0. The van der Waals surface area contributed by atoms with Gasteiger partial charge in [0, 0.05) is 6.21 Å². The largest absolute Gasteiger partial charge is 0.258 e. The molecule has 0 aliphatic carbocycles. The molecule has 0 radical (unpaired) electrons. The van der Waals surface area contributed by atoms with Crippen molar-refractivity contribution in [3.05, 3.63) is 0 Å². The Balaban J connectivity index is 2.92. The summed E-state index contributed by atoms with van der Waals surface area (Å²) in [4.78, 5) is 3.54. The molecule has 0 aliphatic heterocycles. The van der Waals surface area contributed by atoms with Gasteiger partial charge in [0.15, 0.2) is 0 Å². The molecule has 2 heteroatoms. The molecule has 0 saturated carbocycles. The van der Waals surface area contributed by atoms with E-state index in [1.54, 1.807) is 6.21 Å². The summed E-state index contributed by atoms with van der Waals surface area (Å²) in [5.74, 6) is 0. The highest BCUT2D eigenvalue weighted by atomic mass is 32.1. The average Bonchev–Trinajstić information content (AvgIpc) is 1.41. The van der Waals surface area contributed by atoms with E-state index in [1.807, 2.05) is 6.92 Å². The van der Waals surface area contributed by atoms with Crippen LogP contribution >= 0.6 is 12.2 Å². The second-order valence-corrected chi connectivity index (χ2v) is 0.723. The van der Waals surface area contributed by atoms with Crippen LogP contribution in [0.15, 0.2) is 4.99 Å². The number of hydrogen-bond donors (Lipinski definition) is 0. The molecule has 0 heterocycles. The van der Waals surface area contributed by atoms with E-state index in [4.69, 9.17) is 0 Å². The molecule has 0 aromatic heterocycles. The molecule has 0 fully saturated rings. The molecule has 1 nitrogen and oxygen atoms in total. The van der Waals surface area contributed by atoms with Crippen LogP contribution in [0.3, 0.4) is 0 Å². The minimum Gasteiger partial charge on any atom is -0.258 e. The molecule has 0 aliphatic rings. The first kappa shape index (κ1) is 4.76. The summed E-state index contributed by atoms with van der Waals surface area (Å²) >= 11 is 4.33. The van der Waals surface area contributed by atoms with E-state index in [9.17, 15) is 0 Å². The van der Waals surface area contributed by atoms with Crippen molar-refractivity contribution in [2.45, 2.75) is 6.92 Å². The molecule has 0 amide bonds. The van der Waals surface area contributed by atoms with Crippen LogP contribution < -0.4 is 0 Å². The Morgan fingerprint density at radius 3 is 2.40 bits per heavy atom. The van der Waals surface area contributed by atoms with Gasteiger partial charge in [0.1, 0.15) is 0 Å². The summed E-state index contributed by atoms with van der Waals surface area (Å²) in [6.45, 7) is 1.82. The maximum Gasteiger partial charge on any atom is 0.0893 e. The van der Waals surface area contributed by atoms with Gasteiger partial charge in [-0.05, 0) is 6.92 Å². The van der Waals surface area contributed by atoms with Gasteiger partial charge >= 0.3 is 0 Å². The van der Waals surface area contributed by atoms with Gasteiger partial charge in [-0.1, -0.05) is 12.2 Å². The molecule has 0 N–H and O–H groups in total. The lowest BCUT2D eigenvalue weighted by molar-refractivity contribution is 1.82. The smallest absolute Gasteiger partial charge is 0.0893 e. The zero-order valence-electron chi connectivity index (χ0n) is 3.01. The van der Waals surface area contributed by atoms with E-state index < -0.39 is 0 Å². The molecule has 5 heavy (non-hydrogen) atoms. The molecule has 0 atom stereocenters. The summed E-state index contributed by atoms with van der Waals surface area (Å²) in [7, 11) is 0. The van der Waals surface area contributed by atoms with E-state index in [0.29, 0.717) is 0 Å². The number of thiocarbonyl (C=S) groups is 1. The van der Waals surface area contributed by atoms with Crippen molar-refractivity contribution >= 4 is 23.9 Å². The lowest BCUT2D eigenvalue weighted by atomic mass is 10.9. The zero-order valence-corrected chi connectivity index (χ0v) is 3.83. The van der Waals surface area contributed by atoms with Gasteiger partial charge in [-0.2, -0.15) is 0 Å². The monoisotopic (exact) mass is 87.0 g/mol. The van der Waals surface area contributed by atoms with Crippen LogP contribution in [0.25, 0.3) is 0 Å². The number of rotatable bonds is 1. The summed E-state index contributed by atoms with van der Waals surface area (Å²) in [5.41, 5.74) is 1.33. The first-order valence-electron chi connectivity index (χ1n) is 1.33. The Hall–Kier alpha value is -0.240. The summed E-state index contributed by atoms with van der Waals surface area (Å²) in [6.07, 6.45) is 1.65. The fraction of sp³-hybridized carbons (Fsp3) is 0.333. The van der Waals surface area contributed by atoms with Gasteiger partial charge in [-0.3, -0.25) is 4.99 Å². The molecule has 0 rings (SSSR count). The SMILES string of the molecule is CC=NC=S. The molecule has 0 aromatic rings. The molecular formula is C3H5NS. The second kappa shape index (κ2) is 3.76. The Morgan fingerprint density at radius 1 is 1.80 bits per heavy atom. The van der Waals surface area contributed by atoms with Crippen molar-refractivity contribution in [3.63, 3.8) is 0 Å². The summed E-state index contributed by atoms with van der Waals surface area (Å²) < 4.78 is 0. The molecule has 0 spiro atoms. The molecule has 0 bridgehead atoms. The van der Waals surface area contributed by atoms with E-state index >= 15 is 0 Å². The third-order valence-electron chi connectivity index (χ3n) is 0.210. The van der Waals surface area contributed by atoms with Crippen LogP contribution in [0, 0.1) is 0 Å². The predicted molar refractivity (Wildman–Crippen MR) is 27.8 cm³/mol. The Bertz CT molecular complexity index is 48.9. The van der Waals surface area contributed by atoms with Crippen molar-refractivity contribution in [3.8, 4) is 0 Å². The van der Waals surface area contributed by atoms with Crippen molar-refractivity contribution in [1.29, 1.82) is 0 Å². The topological polar surface area (TPSA) is 12.4 Å². The standard InChI is InChI=1S/C3H5NS/c1-2-4-3-5/h2-3H,1H3. The lowest BCUT2D eigenvalue weighted by Crippen LogP contribution is -1.54. The van der Waals surface area contributed by atoms with Crippen LogP contribution in [-0.4, -0.2) is 11.7 Å². The molecular weight excluding hydrogens is 82.1 g/mol. The fourth-order valence-corrected chi connectivity index (χ4v) is 0.183. The molecule has 28 valence electrons. The average molecular weight is 87.1 g/mol. The maximum absolute atomic E-state index is 4.33. The lowest BCUT2D eigenvalue weighted by Gasteiger charge is -1.56. The third kappa shape index (κ3) is 3.76. The van der Waals surface area contributed by atoms with E-state index in [-0.39, 0.29) is 0 Å². The van der Waals surface area contributed by atoms with Crippen LogP contribution in [0.5, 0.6) is 0 Å². The number of hydrogen-bond acceptors (Lipinski definition) is 1. The minimum absolute atomic E-state index is 1.33. The number of nitrogens with zero attached hydrogens (tertiary/aromatic N) is 1. The van der Waals surface area contributed by atoms with E-state index in [2.05, 4.69) is 17.2 Å². The van der Waals surface area contributed by atoms with Crippen molar-refractivity contribution in [1.82, 2.24) is 0 Å². The highest BCUT2D eigenvalue weighted by Gasteiger charge is 1.43. The highest BCUT2D eigenvalue weighted by Crippen LogP contribution is 1.50. The predicted octanol–water partition coefficient (Wildman–Crippen LogP) is 1.03. The van der Waals surface area contributed by atoms with Gasteiger partial charge in [0.25, 0.3) is 0 Å². The first-order valence-corrected chi connectivity index (χ1v) is 1.80. The number of aliphatic imine (C=N–C) groups is 1. The van der Waals surface area contributed by atoms with Crippen LogP contribution in [-0.2, 0) is 0 Å². The van der Waals surface area contributed by atoms with Crippen molar-refractivity contribution in [2.24, 2.45) is 4.99 Å². The van der Waals surface area contributed by atoms with Gasteiger partial charge < -0.3 is 0 Å². The fourth-order valence-electron chi connectivity index (χ4n) is 0.0609. The van der Waals surface area contributed by atoms with Crippen LogP contribution in [0.4, 0.5) is 0 Å². The zero-order chi connectivity index (χ0) is 4.12. The highest BCUT2D eigenvalue weighted by molar-refractivity contribution is 7.78. The Morgan fingerprint density at radius 2 is 2.40 bits per heavy atom. The first-order chi connectivity index (χ1) is 2.41.